The van der Waals surface area contributed by atoms with Crippen LogP contribution in [-0.4, -0.2) is 62.7 Å². The van der Waals surface area contributed by atoms with Gasteiger partial charge in [-0.1, -0.05) is 5.76 Å². The van der Waals surface area contributed by atoms with Gasteiger partial charge in [0.15, 0.2) is 5.78 Å². The monoisotopic (exact) mass is 810 g/mol. The number of hydrogen-bond acceptors (Lipinski definition) is 11. The number of ketones is 1. The van der Waals surface area contributed by atoms with Gasteiger partial charge in [-0.2, -0.15) is 0 Å². The number of methoxy groups -OCH3 is 8. The lowest BCUT2D eigenvalue weighted by Crippen LogP contribution is -2.29. The van der Waals surface area contributed by atoms with Crippen molar-refractivity contribution in [3.05, 3.63) is 142 Å². The highest BCUT2D eigenvalue weighted by molar-refractivity contribution is 6.23. The van der Waals surface area contributed by atoms with Crippen molar-refractivity contribution >= 4 is 23.4 Å². The molecule has 12 nitrogen and oxygen atoms in total. The van der Waals surface area contributed by atoms with E-state index in [0.717, 1.165) is 0 Å². The lowest BCUT2D eigenvalue weighted by molar-refractivity contribution is -0.300. The van der Waals surface area contributed by atoms with E-state index in [0.29, 0.717) is 102 Å². The van der Waals surface area contributed by atoms with Crippen molar-refractivity contribution in [1.29, 1.82) is 0 Å². The fourth-order valence-corrected chi connectivity index (χ4v) is 6.61. The minimum absolute atomic E-state index is 0.00641. The molecular formula is C48H42O12. The molecule has 2 aliphatic rings. The average Bonchev–Trinajstić information content (AvgIpc) is 3.31. The Morgan fingerprint density at radius 2 is 0.800 bits per heavy atom. The summed E-state index contributed by atoms with van der Waals surface area (Å²) in [6.45, 7) is 0. The highest BCUT2D eigenvalue weighted by atomic mass is 16.5. The molecular weight excluding hydrogens is 769 g/mol. The smallest absolute Gasteiger partial charge is 0.361 e. The van der Waals surface area contributed by atoms with Gasteiger partial charge in [-0.25, -0.2) is 4.42 Å². The van der Waals surface area contributed by atoms with E-state index in [-0.39, 0.29) is 11.1 Å². The summed E-state index contributed by atoms with van der Waals surface area (Å²) >= 11 is 0. The molecule has 0 saturated carbocycles. The zero-order valence-corrected chi connectivity index (χ0v) is 34.3. The van der Waals surface area contributed by atoms with Gasteiger partial charge in [-0.3, -0.25) is 4.79 Å². The van der Waals surface area contributed by atoms with Crippen LogP contribution in [0.3, 0.4) is 0 Å². The van der Waals surface area contributed by atoms with Crippen LogP contribution in [-0.2, 0) is 9.53 Å². The zero-order chi connectivity index (χ0) is 42.5. The summed E-state index contributed by atoms with van der Waals surface area (Å²) in [6.07, 6.45) is 6.60. The van der Waals surface area contributed by atoms with Gasteiger partial charge in [0, 0.05) is 46.5 Å². The molecule has 0 fully saturated rings. The number of carbonyl (C=O) groups excluding carboxylic acids is 1. The van der Waals surface area contributed by atoms with Crippen molar-refractivity contribution in [2.75, 3.05) is 56.9 Å². The van der Waals surface area contributed by atoms with Gasteiger partial charge < -0.3 is 47.7 Å². The topological polar surface area (TPSA) is 134 Å². The van der Waals surface area contributed by atoms with Gasteiger partial charge in [0.25, 0.3) is 0 Å². The van der Waals surface area contributed by atoms with E-state index in [4.69, 9.17) is 47.0 Å². The SMILES string of the molecule is COc1cc(OC)cc(C2=CC(=CC3=C([O-])C(=Cc4cc(-c5cc(OC)cc(OC)c5)[o+]c(-c5cc(OC)cc(OC)c5)c4)C3=O)C=C(c3cc(OC)cc(OC)c3)O2)c1. The average molecular weight is 811 g/mol. The third kappa shape index (κ3) is 8.48. The number of carbonyl (C=O) groups is 1. The third-order valence-electron chi connectivity index (χ3n) is 9.78. The van der Waals surface area contributed by atoms with Crippen LogP contribution in [0.2, 0.25) is 0 Å². The van der Waals surface area contributed by atoms with Crippen LogP contribution in [0.4, 0.5) is 0 Å². The van der Waals surface area contributed by atoms with Gasteiger partial charge in [-0.15, -0.1) is 0 Å². The number of benzene rings is 4. The zero-order valence-electron chi connectivity index (χ0n) is 34.3. The maximum absolute atomic E-state index is 13.9. The first kappa shape index (κ1) is 40.6. The third-order valence-corrected chi connectivity index (χ3v) is 9.78. The lowest BCUT2D eigenvalue weighted by atomic mass is 9.85. The Hall–Kier alpha value is -7.60. The minimum Gasteiger partial charge on any atom is -0.871 e. The molecule has 60 heavy (non-hydrogen) atoms. The van der Waals surface area contributed by atoms with E-state index in [2.05, 4.69) is 0 Å². The molecule has 0 bridgehead atoms. The summed E-state index contributed by atoms with van der Waals surface area (Å²) in [5.41, 5.74) is 3.63. The molecule has 0 unspecified atom stereocenters. The highest BCUT2D eigenvalue weighted by Crippen LogP contribution is 2.41. The summed E-state index contributed by atoms with van der Waals surface area (Å²) in [7, 11) is 12.5. The van der Waals surface area contributed by atoms with Crippen LogP contribution in [0, 0.1) is 0 Å². The number of allylic oxidation sites excluding steroid dienone is 6. The van der Waals surface area contributed by atoms with E-state index >= 15 is 0 Å². The van der Waals surface area contributed by atoms with Gasteiger partial charge in [0.1, 0.15) is 57.5 Å². The van der Waals surface area contributed by atoms with E-state index in [1.807, 2.05) is 0 Å². The molecule has 1 aliphatic carbocycles. The molecule has 0 saturated heterocycles. The fraction of sp³-hybridized carbons (Fsp3) is 0.167. The van der Waals surface area contributed by atoms with Crippen LogP contribution in [0.5, 0.6) is 46.0 Å². The second kappa shape index (κ2) is 17.5. The van der Waals surface area contributed by atoms with Crippen LogP contribution >= 0.6 is 0 Å². The second-order valence-electron chi connectivity index (χ2n) is 13.4. The largest absolute Gasteiger partial charge is 0.871 e. The predicted molar refractivity (Wildman–Crippen MR) is 224 cm³/mol. The first-order chi connectivity index (χ1) is 29.1. The van der Waals surface area contributed by atoms with E-state index in [9.17, 15) is 9.90 Å². The maximum atomic E-state index is 13.9. The predicted octanol–water partition coefficient (Wildman–Crippen LogP) is 8.58. The first-order valence-electron chi connectivity index (χ1n) is 18.5. The van der Waals surface area contributed by atoms with E-state index in [1.165, 1.54) is 0 Å². The Morgan fingerprint density at radius 3 is 1.12 bits per heavy atom. The second-order valence-corrected chi connectivity index (χ2v) is 13.4. The molecule has 0 amide bonds. The molecule has 0 spiro atoms. The molecule has 5 aromatic rings. The quantitative estimate of drug-likeness (QED) is 0.0786. The Kier molecular flexibility index (Phi) is 11.8. The van der Waals surface area contributed by atoms with Crippen LogP contribution < -0.4 is 43.0 Å². The Bertz CT molecular complexity index is 2410. The Balaban J connectivity index is 1.34. The first-order valence-corrected chi connectivity index (χ1v) is 18.5. The Morgan fingerprint density at radius 1 is 0.467 bits per heavy atom. The van der Waals surface area contributed by atoms with Crippen LogP contribution in [0.1, 0.15) is 16.7 Å². The van der Waals surface area contributed by atoms with Crippen molar-refractivity contribution in [2.45, 2.75) is 0 Å². The summed E-state index contributed by atoms with van der Waals surface area (Å²) in [5, 5.41) is 13.9. The molecule has 2 heterocycles. The van der Waals surface area contributed by atoms with Crippen molar-refractivity contribution in [3.63, 3.8) is 0 Å². The normalized spacial score (nSPS) is 14.0. The van der Waals surface area contributed by atoms with Crippen molar-refractivity contribution in [3.8, 4) is 68.6 Å². The summed E-state index contributed by atoms with van der Waals surface area (Å²) in [5.74, 6) is 5.19. The Labute approximate surface area is 347 Å². The van der Waals surface area contributed by atoms with Gasteiger partial charge in [0.05, 0.1) is 80.1 Å². The molecule has 0 N–H and O–H groups in total. The molecule has 1 aliphatic heterocycles. The van der Waals surface area contributed by atoms with Crippen molar-refractivity contribution in [1.82, 2.24) is 0 Å². The van der Waals surface area contributed by atoms with Crippen LogP contribution in [0.25, 0.3) is 40.2 Å². The molecule has 0 radical (unpaired) electrons. The van der Waals surface area contributed by atoms with Gasteiger partial charge in [-0.05, 0) is 84.0 Å². The summed E-state index contributed by atoms with van der Waals surface area (Å²) in [4.78, 5) is 13.9. The van der Waals surface area contributed by atoms with Crippen LogP contribution in [0.15, 0.2) is 130 Å². The highest BCUT2D eigenvalue weighted by Gasteiger charge is 2.29. The number of rotatable bonds is 14. The molecule has 4 aromatic carbocycles. The molecule has 306 valence electrons. The fourth-order valence-electron chi connectivity index (χ4n) is 6.61. The summed E-state index contributed by atoms with van der Waals surface area (Å²) in [6, 6.07) is 24.9. The van der Waals surface area contributed by atoms with E-state index < -0.39 is 11.5 Å². The standard InChI is InChI=1S/C48H42O12/c1-51-33-15-29(16-34(23-33)52-2)43-11-27(12-44(59-43)30-17-35(53-3)24-36(18-30)54-4)9-41-47(49)42(48(41)50)10-28-13-45(31-19-37(55-5)25-38(20-31)56-6)60-46(14-28)32-21-39(57-7)26-40(22-32)58-8/h9-26H,1-8H3. The van der Waals surface area contributed by atoms with Crippen molar-refractivity contribution < 1.29 is 56.9 Å². The molecule has 1 aromatic heterocycles. The number of ether oxygens (including phenoxy) is 9. The molecule has 7 rings (SSSR count). The van der Waals surface area contributed by atoms with E-state index in [1.54, 1.807) is 166 Å². The summed E-state index contributed by atoms with van der Waals surface area (Å²) < 4.78 is 57.1. The maximum Gasteiger partial charge on any atom is 0.361 e. The molecule has 0 atom stereocenters. The number of hydrogen-bond donors (Lipinski definition) is 0. The van der Waals surface area contributed by atoms with Gasteiger partial charge in [0.2, 0.25) is 0 Å². The lowest BCUT2D eigenvalue weighted by Gasteiger charge is -2.29. The van der Waals surface area contributed by atoms with Gasteiger partial charge >= 0.3 is 11.5 Å². The van der Waals surface area contributed by atoms with Crippen molar-refractivity contribution in [2.24, 2.45) is 0 Å². The molecule has 12 heteroatoms. The minimum atomic E-state index is -0.426. The number of Topliss-reactive ketones (excluding diaryl/α,β-unsaturated/α-hetero) is 1.